The number of nitrogens with one attached hydrogen (secondary N) is 2. The average molecular weight is 355 g/mol. The molecule has 1 aliphatic rings. The number of thiazole rings is 1. The number of benzene rings is 2. The molecule has 2 amide bonds. The Kier molecular flexibility index (Phi) is 4.15. The van der Waals surface area contributed by atoms with E-state index in [0.717, 1.165) is 33.7 Å². The highest BCUT2D eigenvalue weighted by atomic mass is 32.1. The van der Waals surface area contributed by atoms with E-state index in [4.69, 9.17) is 9.47 Å². The van der Waals surface area contributed by atoms with Gasteiger partial charge in [0.05, 0.1) is 23.4 Å². The molecule has 2 aromatic carbocycles. The van der Waals surface area contributed by atoms with E-state index in [-0.39, 0.29) is 12.1 Å². The van der Waals surface area contributed by atoms with Crippen LogP contribution >= 0.6 is 11.3 Å². The number of anilines is 1. The number of methoxy groups -OCH3 is 1. The Morgan fingerprint density at radius 2 is 2.20 bits per heavy atom. The highest BCUT2D eigenvalue weighted by Crippen LogP contribution is 2.29. The zero-order valence-electron chi connectivity index (χ0n) is 13.6. The Hall–Kier alpha value is -2.80. The van der Waals surface area contributed by atoms with Crippen LogP contribution in [0.5, 0.6) is 11.5 Å². The second-order valence-electron chi connectivity index (χ2n) is 5.77. The molecule has 1 aromatic heterocycles. The molecule has 2 N–H and O–H groups in total. The van der Waals surface area contributed by atoms with Crippen LogP contribution in [-0.4, -0.2) is 30.8 Å². The van der Waals surface area contributed by atoms with Crippen molar-refractivity contribution >= 4 is 32.7 Å². The molecule has 0 saturated heterocycles. The minimum atomic E-state index is -0.279. The molecule has 0 spiro atoms. The van der Waals surface area contributed by atoms with E-state index in [0.29, 0.717) is 11.7 Å². The Morgan fingerprint density at radius 1 is 1.32 bits per heavy atom. The van der Waals surface area contributed by atoms with Gasteiger partial charge in [-0.05, 0) is 36.2 Å². The van der Waals surface area contributed by atoms with E-state index in [2.05, 4.69) is 15.6 Å². The Bertz CT molecular complexity index is 925. The van der Waals surface area contributed by atoms with Crippen LogP contribution < -0.4 is 20.1 Å². The maximum absolute atomic E-state index is 12.3. The Balaban J connectivity index is 1.41. The fourth-order valence-electron chi connectivity index (χ4n) is 2.82. The van der Waals surface area contributed by atoms with E-state index in [1.807, 2.05) is 42.5 Å². The zero-order valence-corrected chi connectivity index (χ0v) is 14.4. The highest BCUT2D eigenvalue weighted by molar-refractivity contribution is 7.22. The highest BCUT2D eigenvalue weighted by Gasteiger charge is 2.21. The second kappa shape index (κ2) is 6.60. The number of rotatable bonds is 3. The first-order chi connectivity index (χ1) is 12.2. The molecule has 2 heterocycles. The largest absolute Gasteiger partial charge is 0.497 e. The summed E-state index contributed by atoms with van der Waals surface area (Å²) < 4.78 is 11.9. The van der Waals surface area contributed by atoms with Crippen molar-refractivity contribution in [3.63, 3.8) is 0 Å². The van der Waals surface area contributed by atoms with Gasteiger partial charge in [0.15, 0.2) is 5.13 Å². The third-order valence-electron chi connectivity index (χ3n) is 4.03. The molecule has 0 aliphatic carbocycles. The van der Waals surface area contributed by atoms with Crippen LogP contribution in [0.15, 0.2) is 42.5 Å². The van der Waals surface area contributed by atoms with Gasteiger partial charge in [-0.1, -0.05) is 29.5 Å². The standard InChI is InChI=1S/C18H17N3O3S/c1-23-13-6-7-14-16(9-13)25-18(20-14)21-17(22)19-12-8-11-4-2-3-5-15(11)24-10-12/h2-7,9,12H,8,10H2,1H3,(H2,19,20,21,22). The van der Waals surface area contributed by atoms with Gasteiger partial charge in [-0.2, -0.15) is 0 Å². The number of urea groups is 1. The monoisotopic (exact) mass is 355 g/mol. The predicted molar refractivity (Wildman–Crippen MR) is 97.8 cm³/mol. The number of hydrogen-bond donors (Lipinski definition) is 2. The SMILES string of the molecule is COc1ccc2nc(NC(=O)NC3COc4ccccc4C3)sc2c1. The van der Waals surface area contributed by atoms with Crippen LogP contribution in [0.3, 0.4) is 0 Å². The summed E-state index contributed by atoms with van der Waals surface area (Å²) >= 11 is 1.41. The van der Waals surface area contributed by atoms with Gasteiger partial charge in [-0.25, -0.2) is 9.78 Å². The second-order valence-corrected chi connectivity index (χ2v) is 6.80. The normalized spacial score (nSPS) is 16.0. The molecule has 3 aromatic rings. The number of para-hydroxylation sites is 1. The van der Waals surface area contributed by atoms with Gasteiger partial charge in [0.1, 0.15) is 18.1 Å². The van der Waals surface area contributed by atoms with E-state index >= 15 is 0 Å². The smallest absolute Gasteiger partial charge is 0.321 e. The summed E-state index contributed by atoms with van der Waals surface area (Å²) in [5.74, 6) is 1.66. The number of hydrogen-bond acceptors (Lipinski definition) is 5. The summed E-state index contributed by atoms with van der Waals surface area (Å²) in [6.07, 6.45) is 0.751. The number of amides is 2. The third kappa shape index (κ3) is 3.36. The number of nitrogens with zero attached hydrogens (tertiary/aromatic N) is 1. The van der Waals surface area contributed by atoms with Crippen molar-refractivity contribution in [3.8, 4) is 11.5 Å². The molecule has 25 heavy (non-hydrogen) atoms. The molecule has 4 rings (SSSR count). The van der Waals surface area contributed by atoms with Crippen LogP contribution in [0, 0.1) is 0 Å². The Morgan fingerprint density at radius 3 is 3.08 bits per heavy atom. The molecule has 128 valence electrons. The van der Waals surface area contributed by atoms with Crippen molar-refractivity contribution in [3.05, 3.63) is 48.0 Å². The van der Waals surface area contributed by atoms with Crippen LogP contribution in [0.1, 0.15) is 5.56 Å². The number of carbonyl (C=O) groups excluding carboxylic acids is 1. The Labute approximate surface area is 148 Å². The molecular formula is C18H17N3O3S. The molecule has 7 heteroatoms. The van der Waals surface area contributed by atoms with Crippen LogP contribution in [0.2, 0.25) is 0 Å². The molecule has 1 atom stereocenters. The van der Waals surface area contributed by atoms with E-state index in [9.17, 15) is 4.79 Å². The fourth-order valence-corrected chi connectivity index (χ4v) is 3.71. The summed E-state index contributed by atoms with van der Waals surface area (Å²) in [6.45, 7) is 0.460. The van der Waals surface area contributed by atoms with Crippen LogP contribution in [-0.2, 0) is 6.42 Å². The first-order valence-electron chi connectivity index (χ1n) is 7.94. The minimum Gasteiger partial charge on any atom is -0.497 e. The molecule has 0 bridgehead atoms. The molecular weight excluding hydrogens is 338 g/mol. The van der Waals surface area contributed by atoms with Crippen molar-refractivity contribution in [1.82, 2.24) is 10.3 Å². The fraction of sp³-hybridized carbons (Fsp3) is 0.222. The molecule has 0 radical (unpaired) electrons. The molecule has 1 aliphatic heterocycles. The van der Waals surface area contributed by atoms with Gasteiger partial charge in [0.25, 0.3) is 0 Å². The molecule has 0 fully saturated rings. The van der Waals surface area contributed by atoms with Gasteiger partial charge in [-0.15, -0.1) is 0 Å². The first kappa shape index (κ1) is 15.7. The summed E-state index contributed by atoms with van der Waals surface area (Å²) in [7, 11) is 1.62. The van der Waals surface area contributed by atoms with E-state index < -0.39 is 0 Å². The van der Waals surface area contributed by atoms with Gasteiger partial charge in [-0.3, -0.25) is 5.32 Å². The van der Waals surface area contributed by atoms with Crippen LogP contribution in [0.4, 0.5) is 9.93 Å². The van der Waals surface area contributed by atoms with Gasteiger partial charge in [0, 0.05) is 0 Å². The summed E-state index contributed by atoms with van der Waals surface area (Å²) in [5.41, 5.74) is 1.93. The number of ether oxygens (including phenoxy) is 2. The third-order valence-corrected chi connectivity index (χ3v) is 4.96. The van der Waals surface area contributed by atoms with Crippen molar-refractivity contribution in [2.45, 2.75) is 12.5 Å². The summed E-state index contributed by atoms with van der Waals surface area (Å²) in [5, 5.41) is 6.30. The van der Waals surface area contributed by atoms with Gasteiger partial charge >= 0.3 is 6.03 Å². The lowest BCUT2D eigenvalue weighted by molar-refractivity contribution is 0.222. The average Bonchev–Trinajstić information content (AvgIpc) is 3.02. The lowest BCUT2D eigenvalue weighted by Gasteiger charge is -2.25. The van der Waals surface area contributed by atoms with Gasteiger partial charge in [0.2, 0.25) is 0 Å². The topological polar surface area (TPSA) is 72.5 Å². The number of fused-ring (bicyclic) bond motifs is 2. The van der Waals surface area contributed by atoms with E-state index in [1.165, 1.54) is 11.3 Å². The minimum absolute atomic E-state index is 0.0654. The predicted octanol–water partition coefficient (Wildman–Crippen LogP) is 3.43. The van der Waals surface area contributed by atoms with Crippen LogP contribution in [0.25, 0.3) is 10.2 Å². The summed E-state index contributed by atoms with van der Waals surface area (Å²) in [4.78, 5) is 16.7. The quantitative estimate of drug-likeness (QED) is 0.755. The zero-order chi connectivity index (χ0) is 17.2. The van der Waals surface area contributed by atoms with Crippen molar-refractivity contribution in [2.75, 3.05) is 19.0 Å². The first-order valence-corrected chi connectivity index (χ1v) is 8.76. The maximum atomic E-state index is 12.3. The lowest BCUT2D eigenvalue weighted by atomic mass is 10.0. The number of aromatic nitrogens is 1. The van der Waals surface area contributed by atoms with Crippen molar-refractivity contribution < 1.29 is 14.3 Å². The van der Waals surface area contributed by atoms with E-state index in [1.54, 1.807) is 7.11 Å². The molecule has 1 unspecified atom stereocenters. The molecule has 6 nitrogen and oxygen atoms in total. The lowest BCUT2D eigenvalue weighted by Crippen LogP contribution is -2.44. The van der Waals surface area contributed by atoms with Crippen molar-refractivity contribution in [2.24, 2.45) is 0 Å². The maximum Gasteiger partial charge on any atom is 0.321 e. The molecule has 0 saturated carbocycles. The van der Waals surface area contributed by atoms with Gasteiger partial charge < -0.3 is 14.8 Å². The summed E-state index contributed by atoms with van der Waals surface area (Å²) in [6, 6.07) is 13.2. The number of carbonyl (C=O) groups is 1. The van der Waals surface area contributed by atoms with Crippen molar-refractivity contribution in [1.29, 1.82) is 0 Å².